The van der Waals surface area contributed by atoms with Crippen LogP contribution in [0.3, 0.4) is 0 Å². The minimum Gasteiger partial charge on any atom is -0.493 e. The second-order valence-electron chi connectivity index (χ2n) is 8.18. The average molecular weight is 377 g/mol. The summed E-state index contributed by atoms with van der Waals surface area (Å²) >= 11 is 0. The Kier molecular flexibility index (Phi) is 7.11. The summed E-state index contributed by atoms with van der Waals surface area (Å²) in [6, 6.07) is 3.11. The molecule has 6 heteroatoms. The number of aliphatic imine (C=N–C) groups is 1. The second-order valence-corrected chi connectivity index (χ2v) is 8.18. The van der Waals surface area contributed by atoms with Crippen molar-refractivity contribution in [1.82, 2.24) is 0 Å². The van der Waals surface area contributed by atoms with Crippen LogP contribution in [0, 0.1) is 11.2 Å². The standard InChI is InChI=1S/C21H28FNO4/c1-21(2,3)12-15(24)13-23-18-7-4-6-14-10-16(11-17(22)20(14)18)27-9-5-8-19(25)26/h10-11H,4-9,12-13H2,1-3H3,(H,25,26). The second kappa shape index (κ2) is 9.11. The molecule has 0 spiro atoms. The van der Waals surface area contributed by atoms with E-state index in [4.69, 9.17) is 9.84 Å². The lowest BCUT2D eigenvalue weighted by Gasteiger charge is -2.20. The molecule has 0 fully saturated rings. The van der Waals surface area contributed by atoms with Gasteiger partial charge in [0.2, 0.25) is 0 Å². The first-order chi connectivity index (χ1) is 12.7. The van der Waals surface area contributed by atoms with Crippen molar-refractivity contribution >= 4 is 17.5 Å². The Bertz CT molecular complexity index is 734. The molecule has 0 radical (unpaired) electrons. The molecule has 1 aliphatic carbocycles. The van der Waals surface area contributed by atoms with Crippen molar-refractivity contribution < 1.29 is 23.8 Å². The number of carboxylic acid groups (broad SMARTS) is 1. The summed E-state index contributed by atoms with van der Waals surface area (Å²) in [5.74, 6) is -0.817. The molecule has 5 nitrogen and oxygen atoms in total. The smallest absolute Gasteiger partial charge is 0.303 e. The molecule has 2 rings (SSSR count). The quantitative estimate of drug-likeness (QED) is 0.689. The van der Waals surface area contributed by atoms with Crippen molar-refractivity contribution in [3.05, 3.63) is 29.1 Å². The first-order valence-corrected chi connectivity index (χ1v) is 9.38. The highest BCUT2D eigenvalue weighted by atomic mass is 19.1. The van der Waals surface area contributed by atoms with Crippen LogP contribution in [0.4, 0.5) is 4.39 Å². The van der Waals surface area contributed by atoms with E-state index >= 15 is 0 Å². The molecule has 0 heterocycles. The van der Waals surface area contributed by atoms with Gasteiger partial charge in [-0.15, -0.1) is 0 Å². The van der Waals surface area contributed by atoms with E-state index in [1.807, 2.05) is 20.8 Å². The minimum absolute atomic E-state index is 0.0207. The van der Waals surface area contributed by atoms with Crippen LogP contribution in [0.2, 0.25) is 0 Å². The predicted molar refractivity (Wildman–Crippen MR) is 102 cm³/mol. The maximum absolute atomic E-state index is 14.7. The SMILES string of the molecule is CC(C)(C)CC(=O)CN=C1CCCc2cc(OCCCC(=O)O)cc(F)c21. The Balaban J connectivity index is 2.09. The lowest BCUT2D eigenvalue weighted by molar-refractivity contribution is -0.137. The third-order valence-corrected chi connectivity index (χ3v) is 4.27. The van der Waals surface area contributed by atoms with E-state index in [1.165, 1.54) is 6.07 Å². The molecule has 1 aromatic rings. The van der Waals surface area contributed by atoms with Crippen molar-refractivity contribution in [2.45, 2.75) is 59.3 Å². The monoisotopic (exact) mass is 377 g/mol. The fourth-order valence-electron chi connectivity index (χ4n) is 3.21. The normalized spacial score (nSPS) is 15.5. The van der Waals surface area contributed by atoms with Crippen molar-refractivity contribution in [2.24, 2.45) is 10.4 Å². The molecule has 148 valence electrons. The summed E-state index contributed by atoms with van der Waals surface area (Å²) in [4.78, 5) is 27.0. The molecule has 1 aliphatic rings. The van der Waals surface area contributed by atoms with Crippen LogP contribution >= 0.6 is 0 Å². The van der Waals surface area contributed by atoms with Crippen molar-refractivity contribution in [1.29, 1.82) is 0 Å². The van der Waals surface area contributed by atoms with E-state index in [0.717, 1.165) is 18.4 Å². The van der Waals surface area contributed by atoms with E-state index in [1.54, 1.807) is 6.07 Å². The molecular weight excluding hydrogens is 349 g/mol. The number of Topliss-reactive ketones (excluding diaryl/α,β-unsaturated/α-hetero) is 1. The van der Waals surface area contributed by atoms with E-state index in [9.17, 15) is 14.0 Å². The number of carboxylic acids is 1. The Morgan fingerprint density at radius 2 is 2.00 bits per heavy atom. The van der Waals surface area contributed by atoms with Crippen molar-refractivity contribution in [2.75, 3.05) is 13.2 Å². The van der Waals surface area contributed by atoms with Gasteiger partial charge in [-0.1, -0.05) is 20.8 Å². The van der Waals surface area contributed by atoms with Crippen LogP contribution < -0.4 is 4.74 Å². The zero-order valence-electron chi connectivity index (χ0n) is 16.3. The number of ether oxygens (including phenoxy) is 1. The van der Waals surface area contributed by atoms with Gasteiger partial charge in [0.25, 0.3) is 0 Å². The number of hydrogen-bond acceptors (Lipinski definition) is 4. The minimum atomic E-state index is -0.878. The number of benzene rings is 1. The van der Waals surface area contributed by atoms with Crippen LogP contribution in [0.5, 0.6) is 5.75 Å². The van der Waals surface area contributed by atoms with Crippen LogP contribution in [-0.2, 0) is 16.0 Å². The number of nitrogens with zero attached hydrogens (tertiary/aromatic N) is 1. The van der Waals surface area contributed by atoms with Gasteiger partial charge in [-0.05, 0) is 42.7 Å². The fourth-order valence-corrected chi connectivity index (χ4v) is 3.21. The molecule has 0 saturated carbocycles. The van der Waals surface area contributed by atoms with E-state index in [2.05, 4.69) is 4.99 Å². The zero-order valence-corrected chi connectivity index (χ0v) is 16.3. The molecular formula is C21H28FNO4. The first-order valence-electron chi connectivity index (χ1n) is 9.38. The first kappa shape index (κ1) is 21.1. The summed E-state index contributed by atoms with van der Waals surface area (Å²) in [5.41, 5.74) is 1.88. The summed E-state index contributed by atoms with van der Waals surface area (Å²) in [5, 5.41) is 8.64. The van der Waals surface area contributed by atoms with Gasteiger partial charge < -0.3 is 9.84 Å². The third-order valence-electron chi connectivity index (χ3n) is 4.27. The molecule has 0 bridgehead atoms. The topological polar surface area (TPSA) is 76.0 Å². The molecule has 27 heavy (non-hydrogen) atoms. The highest BCUT2D eigenvalue weighted by molar-refractivity contribution is 6.04. The Labute approximate surface area is 159 Å². The van der Waals surface area contributed by atoms with E-state index in [-0.39, 0.29) is 30.8 Å². The number of carbonyl (C=O) groups is 2. The number of rotatable bonds is 8. The number of hydrogen-bond donors (Lipinski definition) is 1. The number of carbonyl (C=O) groups excluding carboxylic acids is 1. The lowest BCUT2D eigenvalue weighted by Crippen LogP contribution is -2.19. The molecule has 0 saturated heterocycles. The van der Waals surface area contributed by atoms with Gasteiger partial charge in [-0.2, -0.15) is 0 Å². The number of aryl methyl sites for hydroxylation is 1. The summed E-state index contributed by atoms with van der Waals surface area (Å²) < 4.78 is 20.2. The van der Waals surface area contributed by atoms with Gasteiger partial charge in [0, 0.05) is 30.2 Å². The predicted octanol–water partition coefficient (Wildman–Crippen LogP) is 4.20. The van der Waals surface area contributed by atoms with Crippen molar-refractivity contribution in [3.63, 3.8) is 0 Å². The summed E-state index contributed by atoms with van der Waals surface area (Å²) in [6.45, 7) is 6.33. The van der Waals surface area contributed by atoms with E-state index < -0.39 is 11.8 Å². The fraction of sp³-hybridized carbons (Fsp3) is 0.571. The summed E-state index contributed by atoms with van der Waals surface area (Å²) in [6.07, 6.45) is 3.08. The number of ketones is 1. The van der Waals surface area contributed by atoms with Gasteiger partial charge in [0.15, 0.2) is 5.78 Å². The van der Waals surface area contributed by atoms with Crippen LogP contribution in [0.1, 0.15) is 64.0 Å². The van der Waals surface area contributed by atoms with Gasteiger partial charge in [0.1, 0.15) is 11.6 Å². The van der Waals surface area contributed by atoms with Crippen LogP contribution in [-0.4, -0.2) is 35.7 Å². The maximum Gasteiger partial charge on any atom is 0.303 e. The maximum atomic E-state index is 14.7. The van der Waals surface area contributed by atoms with Crippen molar-refractivity contribution in [3.8, 4) is 5.75 Å². The summed E-state index contributed by atoms with van der Waals surface area (Å²) in [7, 11) is 0. The largest absolute Gasteiger partial charge is 0.493 e. The Morgan fingerprint density at radius 3 is 2.67 bits per heavy atom. The van der Waals surface area contributed by atoms with Gasteiger partial charge >= 0.3 is 5.97 Å². The molecule has 1 N–H and O–H groups in total. The molecule has 0 atom stereocenters. The number of halogens is 1. The van der Waals surface area contributed by atoms with Crippen LogP contribution in [0.25, 0.3) is 0 Å². The molecule has 0 unspecified atom stereocenters. The third kappa shape index (κ3) is 6.77. The number of aliphatic carboxylic acids is 1. The Morgan fingerprint density at radius 1 is 1.26 bits per heavy atom. The molecule has 1 aromatic carbocycles. The molecule has 0 aliphatic heterocycles. The zero-order chi connectivity index (χ0) is 20.0. The van der Waals surface area contributed by atoms with E-state index in [0.29, 0.717) is 36.3 Å². The highest BCUT2D eigenvalue weighted by Gasteiger charge is 2.22. The Hall–Kier alpha value is -2.24. The van der Waals surface area contributed by atoms with Gasteiger partial charge in [-0.3, -0.25) is 14.6 Å². The number of fused-ring (bicyclic) bond motifs is 1. The van der Waals surface area contributed by atoms with Gasteiger partial charge in [-0.25, -0.2) is 4.39 Å². The highest BCUT2D eigenvalue weighted by Crippen LogP contribution is 2.29. The van der Waals surface area contributed by atoms with Gasteiger partial charge in [0.05, 0.1) is 13.2 Å². The molecule has 0 aromatic heterocycles. The molecule has 0 amide bonds. The van der Waals surface area contributed by atoms with Crippen LogP contribution in [0.15, 0.2) is 17.1 Å². The average Bonchev–Trinajstić information content (AvgIpc) is 2.55. The lowest BCUT2D eigenvalue weighted by atomic mass is 9.88.